The smallest absolute Gasteiger partial charge is 0.315 e. The van der Waals surface area contributed by atoms with Gasteiger partial charge in [-0.2, -0.15) is 0 Å². The van der Waals surface area contributed by atoms with Crippen molar-refractivity contribution >= 4 is 11.8 Å². The minimum absolute atomic E-state index is 0.0479. The van der Waals surface area contributed by atoms with Crippen LogP contribution < -0.4 is 14.8 Å². The largest absolute Gasteiger partial charge is 0.493 e. The van der Waals surface area contributed by atoms with E-state index in [4.69, 9.17) is 14.2 Å². The van der Waals surface area contributed by atoms with Gasteiger partial charge in [0.25, 0.3) is 0 Å². The topological polar surface area (TPSA) is 73.9 Å². The Hall–Kier alpha value is -4.32. The number of carbonyl (C=O) groups excluding carboxylic acids is 2. The van der Waals surface area contributed by atoms with E-state index in [1.54, 1.807) is 7.11 Å². The van der Waals surface area contributed by atoms with Gasteiger partial charge in [0, 0.05) is 35.7 Å². The molecule has 0 amide bonds. The van der Waals surface area contributed by atoms with Gasteiger partial charge in [0.15, 0.2) is 17.3 Å². The van der Waals surface area contributed by atoms with Crippen molar-refractivity contribution in [3.63, 3.8) is 0 Å². The zero-order valence-electron chi connectivity index (χ0n) is 22.2. The molecule has 0 spiro atoms. The fourth-order valence-electron chi connectivity index (χ4n) is 5.37. The van der Waals surface area contributed by atoms with Crippen molar-refractivity contribution in [1.29, 1.82) is 0 Å². The van der Waals surface area contributed by atoms with Crippen molar-refractivity contribution in [2.24, 2.45) is 5.92 Å². The molecule has 1 aliphatic heterocycles. The van der Waals surface area contributed by atoms with Crippen LogP contribution in [0.1, 0.15) is 41.9 Å². The number of allylic oxidation sites excluding steroid dienone is 2. The predicted octanol–water partition coefficient (Wildman–Crippen LogP) is 5.88. The van der Waals surface area contributed by atoms with Crippen LogP contribution in [0.4, 0.5) is 0 Å². The number of methoxy groups -OCH3 is 1. The molecule has 39 heavy (non-hydrogen) atoms. The Morgan fingerprint density at radius 1 is 0.949 bits per heavy atom. The van der Waals surface area contributed by atoms with Gasteiger partial charge in [0.2, 0.25) is 0 Å². The second kappa shape index (κ2) is 12.0. The Labute approximate surface area is 229 Å². The first kappa shape index (κ1) is 26.3. The van der Waals surface area contributed by atoms with Crippen molar-refractivity contribution in [2.45, 2.75) is 38.2 Å². The molecular weight excluding hydrogens is 490 g/mol. The summed E-state index contributed by atoms with van der Waals surface area (Å²) in [6.07, 6.45) is 2.57. The van der Waals surface area contributed by atoms with Crippen LogP contribution in [0.5, 0.6) is 11.5 Å². The van der Waals surface area contributed by atoms with E-state index in [0.29, 0.717) is 42.2 Å². The van der Waals surface area contributed by atoms with Crippen LogP contribution in [-0.4, -0.2) is 25.5 Å². The minimum atomic E-state index is -0.748. The first-order valence-electron chi connectivity index (χ1n) is 13.3. The number of esters is 1. The van der Waals surface area contributed by atoms with Crippen LogP contribution in [0.25, 0.3) is 0 Å². The molecule has 6 heteroatoms. The van der Waals surface area contributed by atoms with E-state index >= 15 is 0 Å². The minimum Gasteiger partial charge on any atom is -0.493 e. The third-order valence-electron chi connectivity index (χ3n) is 7.30. The number of rotatable bonds is 9. The number of nitrogens with one attached hydrogen (secondary N) is 1. The molecule has 2 aliphatic rings. The van der Waals surface area contributed by atoms with E-state index in [1.165, 1.54) is 0 Å². The van der Waals surface area contributed by atoms with Crippen LogP contribution in [0.2, 0.25) is 0 Å². The van der Waals surface area contributed by atoms with E-state index in [-0.39, 0.29) is 12.4 Å². The number of Topliss-reactive ketones (excluding diaryl/α,β-unsaturated/α-hetero) is 1. The number of benzene rings is 3. The Morgan fingerprint density at radius 2 is 1.67 bits per heavy atom. The number of carbonyl (C=O) groups is 2. The normalized spacial score (nSPS) is 18.7. The van der Waals surface area contributed by atoms with Gasteiger partial charge in [-0.15, -0.1) is 0 Å². The highest BCUT2D eigenvalue weighted by Gasteiger charge is 2.44. The third-order valence-corrected chi connectivity index (χ3v) is 7.30. The van der Waals surface area contributed by atoms with Gasteiger partial charge in [-0.05, 0) is 41.7 Å². The lowest BCUT2D eigenvalue weighted by Crippen LogP contribution is -2.41. The van der Waals surface area contributed by atoms with E-state index in [1.807, 2.05) is 78.9 Å². The highest BCUT2D eigenvalue weighted by atomic mass is 16.5. The molecule has 0 saturated heterocycles. The summed E-state index contributed by atoms with van der Waals surface area (Å²) in [4.78, 5) is 26.8. The maximum Gasteiger partial charge on any atom is 0.315 e. The maximum atomic E-state index is 13.5. The molecule has 0 radical (unpaired) electrons. The third kappa shape index (κ3) is 5.90. The van der Waals surface area contributed by atoms with E-state index in [2.05, 4.69) is 11.9 Å². The highest BCUT2D eigenvalue weighted by Crippen LogP contribution is 2.46. The highest BCUT2D eigenvalue weighted by molar-refractivity contribution is 6.00. The van der Waals surface area contributed by atoms with Crippen LogP contribution >= 0.6 is 0 Å². The Kier molecular flexibility index (Phi) is 8.11. The molecule has 200 valence electrons. The predicted molar refractivity (Wildman–Crippen MR) is 149 cm³/mol. The second-order valence-corrected chi connectivity index (χ2v) is 9.86. The van der Waals surface area contributed by atoms with Crippen LogP contribution in [0, 0.1) is 5.92 Å². The fourth-order valence-corrected chi connectivity index (χ4v) is 5.37. The lowest BCUT2D eigenvalue weighted by atomic mass is 9.71. The Bertz CT molecular complexity index is 1380. The van der Waals surface area contributed by atoms with Gasteiger partial charge < -0.3 is 19.5 Å². The summed E-state index contributed by atoms with van der Waals surface area (Å²) in [5.41, 5.74) is 4.94. The van der Waals surface area contributed by atoms with Gasteiger partial charge in [0.1, 0.15) is 12.5 Å². The molecule has 3 aromatic carbocycles. The van der Waals surface area contributed by atoms with Crippen molar-refractivity contribution in [2.75, 3.05) is 13.7 Å². The van der Waals surface area contributed by atoms with Gasteiger partial charge in [0.05, 0.1) is 13.7 Å². The average molecular weight is 524 g/mol. The lowest BCUT2D eigenvalue weighted by molar-refractivity contribution is -0.147. The monoisotopic (exact) mass is 523 g/mol. The zero-order chi connectivity index (χ0) is 27.2. The summed E-state index contributed by atoms with van der Waals surface area (Å²) in [6, 6.07) is 25.4. The molecule has 5 rings (SSSR count). The molecule has 1 aliphatic carbocycles. The maximum absolute atomic E-state index is 13.5. The van der Waals surface area contributed by atoms with Gasteiger partial charge in [-0.3, -0.25) is 9.59 Å². The van der Waals surface area contributed by atoms with Crippen molar-refractivity contribution in [3.05, 3.63) is 119 Å². The van der Waals surface area contributed by atoms with Crippen molar-refractivity contribution < 1.29 is 23.8 Å². The number of hydrogen-bond donors (Lipinski definition) is 1. The number of hydrogen-bond acceptors (Lipinski definition) is 6. The number of ketones is 1. The molecule has 2 atom stereocenters. The molecule has 0 saturated carbocycles. The summed E-state index contributed by atoms with van der Waals surface area (Å²) in [5.74, 6) is -0.503. The first-order valence-corrected chi connectivity index (χ1v) is 13.3. The standard InChI is InChI=1S/C33H33NO5/c1-22-30(33(36)38-19-18-23-10-5-3-6-11-23)31(32-26(34-22)14-9-15-27(32)35)25-16-17-28(29(20-25)37-2)39-21-24-12-7-4-8-13-24/h3-8,10-13,16-17,20,30-31,34H,1,9,14-15,18-19,21H2,2H3. The van der Waals surface area contributed by atoms with Crippen LogP contribution in [-0.2, 0) is 27.4 Å². The Balaban J connectivity index is 1.43. The van der Waals surface area contributed by atoms with E-state index < -0.39 is 17.8 Å². The molecule has 3 aromatic rings. The van der Waals surface area contributed by atoms with Gasteiger partial charge in [-0.1, -0.05) is 73.3 Å². The zero-order valence-corrected chi connectivity index (χ0v) is 22.2. The molecule has 2 unspecified atom stereocenters. The fraction of sp³-hybridized carbons (Fsp3) is 0.273. The summed E-state index contributed by atoms with van der Waals surface area (Å²) in [5, 5.41) is 3.27. The van der Waals surface area contributed by atoms with Gasteiger partial charge in [-0.25, -0.2) is 0 Å². The Morgan fingerprint density at radius 3 is 2.38 bits per heavy atom. The quantitative estimate of drug-likeness (QED) is 0.353. The van der Waals surface area contributed by atoms with Crippen molar-refractivity contribution in [1.82, 2.24) is 5.32 Å². The van der Waals surface area contributed by atoms with Crippen molar-refractivity contribution in [3.8, 4) is 11.5 Å². The summed E-state index contributed by atoms with van der Waals surface area (Å²) >= 11 is 0. The summed E-state index contributed by atoms with van der Waals surface area (Å²) in [6.45, 7) is 4.82. The number of ether oxygens (including phenoxy) is 3. The molecule has 0 aromatic heterocycles. The summed E-state index contributed by atoms with van der Waals surface area (Å²) < 4.78 is 17.5. The van der Waals surface area contributed by atoms with E-state index in [9.17, 15) is 9.59 Å². The molecule has 1 heterocycles. The molecular formula is C33H33NO5. The second-order valence-electron chi connectivity index (χ2n) is 9.86. The summed E-state index contributed by atoms with van der Waals surface area (Å²) in [7, 11) is 1.58. The molecule has 1 N–H and O–H groups in total. The average Bonchev–Trinajstić information content (AvgIpc) is 2.96. The van der Waals surface area contributed by atoms with E-state index in [0.717, 1.165) is 35.2 Å². The molecule has 0 bridgehead atoms. The first-order chi connectivity index (χ1) is 19.0. The van der Waals surface area contributed by atoms with Gasteiger partial charge >= 0.3 is 5.97 Å². The SMILES string of the molecule is C=C1NC2=C(C(=O)CCC2)C(c2ccc(OCc3ccccc3)c(OC)c2)C1C(=O)OCCc1ccccc1. The van der Waals surface area contributed by atoms with Crippen LogP contribution in [0.3, 0.4) is 0 Å². The molecule has 0 fully saturated rings. The molecule has 6 nitrogen and oxygen atoms in total. The van der Waals surface area contributed by atoms with Crippen LogP contribution in [0.15, 0.2) is 102 Å². The lowest BCUT2D eigenvalue weighted by Gasteiger charge is -2.38.